The molecule has 3 aromatic rings. The summed E-state index contributed by atoms with van der Waals surface area (Å²) >= 11 is 0. The van der Waals surface area contributed by atoms with E-state index in [1.165, 1.54) is 11.2 Å². The molecule has 3 amide bonds. The van der Waals surface area contributed by atoms with Gasteiger partial charge >= 0.3 is 0 Å². The molecule has 1 saturated heterocycles. The number of piperidine rings is 1. The second-order valence-corrected chi connectivity index (χ2v) is 8.52. The van der Waals surface area contributed by atoms with Crippen LogP contribution in [0.4, 0.5) is 0 Å². The predicted octanol–water partition coefficient (Wildman–Crippen LogP) is 2.14. The molecule has 0 saturated carbocycles. The van der Waals surface area contributed by atoms with Gasteiger partial charge in [0.25, 0.3) is 5.91 Å². The second-order valence-electron chi connectivity index (χ2n) is 8.52. The Labute approximate surface area is 190 Å². The van der Waals surface area contributed by atoms with E-state index in [1.54, 1.807) is 12.3 Å². The van der Waals surface area contributed by atoms with Crippen molar-refractivity contribution < 1.29 is 19.2 Å². The Hall–Kier alpha value is -3.94. The number of benzene rings is 2. The number of aryl methyl sites for hydroxylation is 1. The zero-order chi connectivity index (χ0) is 22.9. The quantitative estimate of drug-likeness (QED) is 0.586. The van der Waals surface area contributed by atoms with Crippen LogP contribution in [0.3, 0.4) is 0 Å². The lowest BCUT2D eigenvalue weighted by Gasteiger charge is -2.29. The molecule has 8 heteroatoms. The second kappa shape index (κ2) is 8.54. The highest BCUT2D eigenvalue weighted by molar-refractivity contribution is 6.05. The van der Waals surface area contributed by atoms with Crippen molar-refractivity contribution in [3.05, 3.63) is 71.2 Å². The van der Waals surface area contributed by atoms with Crippen LogP contribution < -0.4 is 5.32 Å². The molecule has 8 nitrogen and oxygen atoms in total. The maximum atomic E-state index is 12.8. The Morgan fingerprint density at radius 3 is 2.79 bits per heavy atom. The number of nitrogens with zero attached hydrogens (tertiary/aromatic N) is 3. The number of fused-ring (bicyclic) bond motifs is 2. The molecular formula is C25H22N4O4. The molecule has 166 valence electrons. The van der Waals surface area contributed by atoms with Gasteiger partial charge in [-0.15, -0.1) is 0 Å². The van der Waals surface area contributed by atoms with Crippen LogP contribution in [0.15, 0.2) is 48.9 Å². The summed E-state index contributed by atoms with van der Waals surface area (Å²) in [6.45, 7) is 0.335. The first-order chi connectivity index (χ1) is 16.0. The van der Waals surface area contributed by atoms with E-state index in [9.17, 15) is 19.2 Å². The monoisotopic (exact) mass is 442 g/mol. The maximum absolute atomic E-state index is 12.8. The first kappa shape index (κ1) is 20.9. The van der Waals surface area contributed by atoms with Crippen molar-refractivity contribution in [1.29, 1.82) is 0 Å². The van der Waals surface area contributed by atoms with Gasteiger partial charge in [-0.1, -0.05) is 24.3 Å². The molecule has 1 fully saturated rings. The number of hydrogen-bond acceptors (Lipinski definition) is 6. The lowest BCUT2D eigenvalue weighted by molar-refractivity contribution is -0.137. The number of carbonyl (C=O) groups excluding carboxylic acids is 4. The van der Waals surface area contributed by atoms with E-state index in [1.807, 2.05) is 30.3 Å². The molecule has 1 unspecified atom stereocenters. The Balaban J connectivity index is 1.21. The number of rotatable bonds is 6. The summed E-state index contributed by atoms with van der Waals surface area (Å²) in [5.41, 5.74) is 4.15. The van der Waals surface area contributed by atoms with Gasteiger partial charge in [-0.3, -0.25) is 24.5 Å². The van der Waals surface area contributed by atoms with Crippen LogP contribution >= 0.6 is 0 Å². The van der Waals surface area contributed by atoms with E-state index >= 15 is 0 Å². The molecule has 33 heavy (non-hydrogen) atoms. The van der Waals surface area contributed by atoms with Crippen molar-refractivity contribution in [1.82, 2.24) is 20.2 Å². The third kappa shape index (κ3) is 4.24. The van der Waals surface area contributed by atoms with Gasteiger partial charge < -0.3 is 4.90 Å². The van der Waals surface area contributed by atoms with Crippen molar-refractivity contribution in [2.45, 2.75) is 44.7 Å². The molecule has 1 N–H and O–H groups in total. The van der Waals surface area contributed by atoms with Crippen LogP contribution in [0.2, 0.25) is 0 Å². The van der Waals surface area contributed by atoms with Crippen LogP contribution in [0, 0.1) is 0 Å². The van der Waals surface area contributed by atoms with Gasteiger partial charge in [-0.05, 0) is 41.7 Å². The topological polar surface area (TPSA) is 109 Å². The molecule has 0 bridgehead atoms. The molecule has 1 atom stereocenters. The van der Waals surface area contributed by atoms with Crippen LogP contribution in [-0.2, 0) is 33.8 Å². The van der Waals surface area contributed by atoms with Gasteiger partial charge in [0.05, 0.1) is 5.52 Å². The Morgan fingerprint density at radius 1 is 1.09 bits per heavy atom. The fraction of sp³-hybridized carbons (Fsp3) is 0.280. The number of carbonyl (C=O) groups is 4. The van der Waals surface area contributed by atoms with Crippen LogP contribution in [0.5, 0.6) is 0 Å². The molecule has 0 spiro atoms. The number of nitrogens with one attached hydrogen (secondary N) is 1. The molecule has 2 aliphatic heterocycles. The normalized spacial score (nSPS) is 17.9. The molecule has 3 heterocycles. The van der Waals surface area contributed by atoms with Crippen LogP contribution in [0.25, 0.3) is 10.9 Å². The van der Waals surface area contributed by atoms with E-state index < -0.39 is 11.9 Å². The SMILES string of the molecule is O=C(CCc1ccc2c(c1)CN(C1CCC(=O)NC1=O)C2=O)Cc1ccc2cncnc2c1. The van der Waals surface area contributed by atoms with Gasteiger partial charge in [-0.25, -0.2) is 9.97 Å². The molecule has 5 rings (SSSR count). The predicted molar refractivity (Wildman–Crippen MR) is 119 cm³/mol. The summed E-state index contributed by atoms with van der Waals surface area (Å²) in [4.78, 5) is 58.7. The average molecular weight is 442 g/mol. The van der Waals surface area contributed by atoms with Gasteiger partial charge in [0.1, 0.15) is 18.2 Å². The highest BCUT2D eigenvalue weighted by atomic mass is 16.2. The summed E-state index contributed by atoms with van der Waals surface area (Å²) in [6, 6.07) is 10.7. The van der Waals surface area contributed by atoms with E-state index in [2.05, 4.69) is 15.3 Å². The fourth-order valence-electron chi connectivity index (χ4n) is 4.51. The Kier molecular flexibility index (Phi) is 5.42. The minimum absolute atomic E-state index is 0.130. The number of hydrogen-bond donors (Lipinski definition) is 1. The fourth-order valence-corrected chi connectivity index (χ4v) is 4.51. The minimum atomic E-state index is -0.625. The number of imide groups is 1. The largest absolute Gasteiger partial charge is 0.322 e. The zero-order valence-electron chi connectivity index (χ0n) is 17.9. The molecule has 0 radical (unpaired) electrons. The summed E-state index contributed by atoms with van der Waals surface area (Å²) < 4.78 is 0. The maximum Gasteiger partial charge on any atom is 0.255 e. The number of amides is 3. The van der Waals surface area contributed by atoms with Crippen LogP contribution in [0.1, 0.15) is 46.3 Å². The van der Waals surface area contributed by atoms with Crippen molar-refractivity contribution in [3.8, 4) is 0 Å². The first-order valence-corrected chi connectivity index (χ1v) is 10.9. The first-order valence-electron chi connectivity index (χ1n) is 10.9. The summed E-state index contributed by atoms with van der Waals surface area (Å²) in [5.74, 6) is -0.782. The minimum Gasteiger partial charge on any atom is -0.322 e. The van der Waals surface area contributed by atoms with Crippen molar-refractivity contribution in [2.75, 3.05) is 0 Å². The third-order valence-corrected chi connectivity index (χ3v) is 6.25. The highest BCUT2D eigenvalue weighted by Gasteiger charge is 2.39. The van der Waals surface area contributed by atoms with E-state index in [4.69, 9.17) is 0 Å². The summed E-state index contributed by atoms with van der Waals surface area (Å²) in [6.07, 6.45) is 5.12. The Morgan fingerprint density at radius 2 is 1.94 bits per heavy atom. The standard InChI is InChI=1S/C25H22N4O4/c30-19(10-16-1-4-17-12-26-14-27-21(17)11-16)5-2-15-3-6-20-18(9-15)13-29(25(20)33)22-7-8-23(31)28-24(22)32/h1,3-4,6,9,11-12,14,22H,2,5,7-8,10,13H2,(H,28,31,32). The average Bonchev–Trinajstić information content (AvgIpc) is 3.13. The number of ketones is 1. The van der Waals surface area contributed by atoms with Crippen molar-refractivity contribution in [2.24, 2.45) is 0 Å². The summed E-state index contributed by atoms with van der Waals surface area (Å²) in [5, 5.41) is 3.25. The lowest BCUT2D eigenvalue weighted by Crippen LogP contribution is -2.52. The molecule has 2 aromatic carbocycles. The van der Waals surface area contributed by atoms with Crippen molar-refractivity contribution >= 4 is 34.4 Å². The lowest BCUT2D eigenvalue weighted by atomic mass is 9.99. The Bertz CT molecular complexity index is 1300. The molecular weight excluding hydrogens is 420 g/mol. The van der Waals surface area contributed by atoms with Crippen molar-refractivity contribution in [3.63, 3.8) is 0 Å². The summed E-state index contributed by atoms with van der Waals surface area (Å²) in [7, 11) is 0. The third-order valence-electron chi connectivity index (χ3n) is 6.25. The molecule has 1 aromatic heterocycles. The zero-order valence-corrected chi connectivity index (χ0v) is 17.9. The number of aromatic nitrogens is 2. The van der Waals surface area contributed by atoms with Gasteiger partial charge in [0.15, 0.2) is 0 Å². The molecule has 2 aliphatic rings. The van der Waals surface area contributed by atoms with E-state index in [0.29, 0.717) is 37.8 Å². The van der Waals surface area contributed by atoms with Gasteiger partial charge in [0, 0.05) is 43.0 Å². The molecule has 0 aliphatic carbocycles. The number of Topliss-reactive ketones (excluding diaryl/α,β-unsaturated/α-hetero) is 1. The van der Waals surface area contributed by atoms with E-state index in [-0.39, 0.29) is 24.0 Å². The van der Waals surface area contributed by atoms with Gasteiger partial charge in [0.2, 0.25) is 11.8 Å². The van der Waals surface area contributed by atoms with Crippen LogP contribution in [-0.4, -0.2) is 44.4 Å². The highest BCUT2D eigenvalue weighted by Crippen LogP contribution is 2.28. The smallest absolute Gasteiger partial charge is 0.255 e. The van der Waals surface area contributed by atoms with Gasteiger partial charge in [-0.2, -0.15) is 0 Å². The van der Waals surface area contributed by atoms with E-state index in [0.717, 1.165) is 27.6 Å².